The number of rotatable bonds is 3. The molecule has 0 amide bonds. The Kier molecular flexibility index (Phi) is 6.28. The van der Waals surface area contributed by atoms with Crippen molar-refractivity contribution in [2.75, 3.05) is 13.1 Å². The lowest BCUT2D eigenvalue weighted by atomic mass is 9.92. The molecule has 2 heterocycles. The highest BCUT2D eigenvalue weighted by Crippen LogP contribution is 2.32. The van der Waals surface area contributed by atoms with Crippen LogP contribution in [0.25, 0.3) is 0 Å². The first-order valence-corrected chi connectivity index (χ1v) is 9.03. The molecule has 1 saturated heterocycles. The largest absolute Gasteiger partial charge is 0.328 e. The van der Waals surface area contributed by atoms with Crippen LogP contribution < -0.4 is 5.73 Å². The summed E-state index contributed by atoms with van der Waals surface area (Å²) in [5, 5.41) is 1.78. The van der Waals surface area contributed by atoms with Crippen LogP contribution in [0.15, 0.2) is 20.1 Å². The Labute approximate surface area is 133 Å². The van der Waals surface area contributed by atoms with Crippen molar-refractivity contribution in [2.45, 2.75) is 30.0 Å². The van der Waals surface area contributed by atoms with Gasteiger partial charge < -0.3 is 5.73 Å². The maximum absolute atomic E-state index is 12.4. The average Bonchev–Trinajstić information content (AvgIpc) is 2.76. The number of sulfonamides is 1. The van der Waals surface area contributed by atoms with Crippen LogP contribution in [-0.2, 0) is 10.0 Å². The summed E-state index contributed by atoms with van der Waals surface area (Å²) in [7, 11) is -3.33. The van der Waals surface area contributed by atoms with Gasteiger partial charge in [-0.3, -0.25) is 0 Å². The lowest BCUT2D eigenvalue weighted by Crippen LogP contribution is -2.42. The van der Waals surface area contributed by atoms with E-state index < -0.39 is 10.0 Å². The summed E-state index contributed by atoms with van der Waals surface area (Å²) in [6.45, 7) is 3.13. The zero-order valence-electron chi connectivity index (χ0n) is 10.6. The lowest BCUT2D eigenvalue weighted by Gasteiger charge is -2.32. The van der Waals surface area contributed by atoms with E-state index in [0.717, 1.165) is 12.8 Å². The molecule has 2 N–H and O–H groups in total. The van der Waals surface area contributed by atoms with Crippen LogP contribution in [0.2, 0.25) is 0 Å². The molecule has 1 aliphatic heterocycles. The van der Waals surface area contributed by atoms with Gasteiger partial charge in [0.05, 0.1) is 0 Å². The summed E-state index contributed by atoms with van der Waals surface area (Å²) in [6, 6.07) is 1.91. The van der Waals surface area contributed by atoms with E-state index in [9.17, 15) is 8.42 Å². The number of hydrogen-bond acceptors (Lipinski definition) is 4. The molecule has 1 aliphatic rings. The molecule has 8 heteroatoms. The third-order valence-corrected chi connectivity index (χ3v) is 7.95. The van der Waals surface area contributed by atoms with E-state index in [1.165, 1.54) is 11.3 Å². The Morgan fingerprint density at radius 2 is 2.05 bits per heavy atom. The Morgan fingerprint density at radius 1 is 1.47 bits per heavy atom. The van der Waals surface area contributed by atoms with Crippen molar-refractivity contribution >= 4 is 49.7 Å². The van der Waals surface area contributed by atoms with Gasteiger partial charge in [0, 0.05) is 23.6 Å². The fraction of sp³-hybridized carbons (Fsp3) is 0.636. The monoisotopic (exact) mass is 388 g/mol. The first kappa shape index (κ1) is 17.4. The highest BCUT2D eigenvalue weighted by atomic mass is 79.9. The third kappa shape index (κ3) is 3.71. The molecule has 110 valence electrons. The number of piperidine rings is 1. The average molecular weight is 390 g/mol. The Balaban J connectivity index is 0.00000180. The van der Waals surface area contributed by atoms with Gasteiger partial charge in [-0.05, 0) is 53.1 Å². The molecular weight excluding hydrogens is 372 g/mol. The van der Waals surface area contributed by atoms with Crippen molar-refractivity contribution in [1.29, 1.82) is 0 Å². The first-order valence-electron chi connectivity index (χ1n) is 5.91. The summed E-state index contributed by atoms with van der Waals surface area (Å²) < 4.78 is 27.5. The van der Waals surface area contributed by atoms with Crippen molar-refractivity contribution < 1.29 is 8.42 Å². The van der Waals surface area contributed by atoms with E-state index in [1.54, 1.807) is 15.8 Å². The predicted molar refractivity (Wildman–Crippen MR) is 84.4 cm³/mol. The summed E-state index contributed by atoms with van der Waals surface area (Å²) >= 11 is 4.54. The Hall–Kier alpha value is 0.340. The van der Waals surface area contributed by atoms with Gasteiger partial charge in [0.25, 0.3) is 10.0 Å². The van der Waals surface area contributed by atoms with Gasteiger partial charge >= 0.3 is 0 Å². The van der Waals surface area contributed by atoms with E-state index in [2.05, 4.69) is 15.9 Å². The van der Waals surface area contributed by atoms with E-state index in [0.29, 0.717) is 27.7 Å². The first-order chi connectivity index (χ1) is 8.43. The minimum atomic E-state index is -3.33. The highest BCUT2D eigenvalue weighted by Gasteiger charge is 2.32. The van der Waals surface area contributed by atoms with E-state index in [4.69, 9.17) is 5.73 Å². The van der Waals surface area contributed by atoms with Gasteiger partial charge in [-0.1, -0.05) is 0 Å². The van der Waals surface area contributed by atoms with E-state index >= 15 is 0 Å². The van der Waals surface area contributed by atoms with Crippen molar-refractivity contribution in [3.05, 3.63) is 15.9 Å². The molecule has 0 bridgehead atoms. The predicted octanol–water partition coefficient (Wildman–Crippen LogP) is 2.68. The molecule has 2 rings (SSSR count). The molecule has 4 nitrogen and oxygen atoms in total. The third-order valence-electron chi connectivity index (χ3n) is 3.40. The van der Waals surface area contributed by atoms with Crippen molar-refractivity contribution in [3.8, 4) is 0 Å². The molecule has 0 saturated carbocycles. The summed E-state index contributed by atoms with van der Waals surface area (Å²) in [5.41, 5.74) is 5.87. The zero-order chi connectivity index (χ0) is 13.3. The van der Waals surface area contributed by atoms with Gasteiger partial charge in [-0.25, -0.2) is 8.42 Å². The molecule has 1 aromatic rings. The smallest absolute Gasteiger partial charge is 0.253 e. The second-order valence-electron chi connectivity index (χ2n) is 4.66. The van der Waals surface area contributed by atoms with Crippen LogP contribution in [0.1, 0.15) is 19.8 Å². The topological polar surface area (TPSA) is 63.4 Å². The molecule has 0 radical (unpaired) electrons. The minimum absolute atomic E-state index is 0. The number of nitrogens with two attached hydrogens (primary N) is 1. The molecule has 1 atom stereocenters. The quantitative estimate of drug-likeness (QED) is 0.864. The van der Waals surface area contributed by atoms with Crippen LogP contribution in [0.4, 0.5) is 0 Å². The SMILES string of the molecule is CC(N)C1CCN(S(=O)(=O)c2sccc2Br)CC1.Cl. The van der Waals surface area contributed by atoms with Gasteiger partial charge in [0.1, 0.15) is 4.21 Å². The van der Waals surface area contributed by atoms with Crippen molar-refractivity contribution in [2.24, 2.45) is 11.7 Å². The van der Waals surface area contributed by atoms with Crippen LogP contribution in [0.3, 0.4) is 0 Å². The maximum Gasteiger partial charge on any atom is 0.253 e. The second-order valence-corrected chi connectivity index (χ2v) is 8.56. The van der Waals surface area contributed by atoms with E-state index in [-0.39, 0.29) is 18.4 Å². The maximum atomic E-state index is 12.4. The van der Waals surface area contributed by atoms with Gasteiger partial charge in [0.2, 0.25) is 0 Å². The van der Waals surface area contributed by atoms with Gasteiger partial charge in [-0.2, -0.15) is 4.31 Å². The summed E-state index contributed by atoms with van der Waals surface area (Å²) in [5.74, 6) is 0.434. The van der Waals surface area contributed by atoms with Crippen LogP contribution in [-0.4, -0.2) is 31.9 Å². The standard InChI is InChI=1S/C11H17BrN2O2S2.ClH/c1-8(13)9-2-5-14(6-3-9)18(15,16)11-10(12)4-7-17-11;/h4,7-9H,2-3,5-6,13H2,1H3;1H. The molecule has 0 aromatic carbocycles. The molecular formula is C11H18BrClN2O2S2. The second kappa shape index (κ2) is 6.87. The molecule has 19 heavy (non-hydrogen) atoms. The minimum Gasteiger partial charge on any atom is -0.328 e. The highest BCUT2D eigenvalue weighted by molar-refractivity contribution is 9.10. The molecule has 0 spiro atoms. The van der Waals surface area contributed by atoms with Gasteiger partial charge in [-0.15, -0.1) is 23.7 Å². The van der Waals surface area contributed by atoms with Crippen molar-refractivity contribution in [1.82, 2.24) is 4.31 Å². The van der Waals surface area contributed by atoms with Crippen LogP contribution in [0, 0.1) is 5.92 Å². The van der Waals surface area contributed by atoms with Crippen molar-refractivity contribution in [3.63, 3.8) is 0 Å². The molecule has 1 unspecified atom stereocenters. The fourth-order valence-corrected chi connectivity index (χ4v) is 6.14. The lowest BCUT2D eigenvalue weighted by molar-refractivity contribution is 0.251. The van der Waals surface area contributed by atoms with Crippen LogP contribution >= 0.6 is 39.7 Å². The number of halogens is 2. The normalized spacial score (nSPS) is 19.9. The number of hydrogen-bond donors (Lipinski definition) is 1. The number of nitrogens with zero attached hydrogens (tertiary/aromatic N) is 1. The Morgan fingerprint density at radius 3 is 2.47 bits per heavy atom. The fourth-order valence-electron chi connectivity index (χ4n) is 2.22. The van der Waals surface area contributed by atoms with Gasteiger partial charge in [0.15, 0.2) is 0 Å². The molecule has 0 aliphatic carbocycles. The summed E-state index contributed by atoms with van der Waals surface area (Å²) in [4.78, 5) is 0. The van der Waals surface area contributed by atoms with E-state index in [1.807, 2.05) is 6.92 Å². The molecule has 1 fully saturated rings. The Bertz CT molecular complexity index is 511. The van der Waals surface area contributed by atoms with Crippen LogP contribution in [0.5, 0.6) is 0 Å². The summed E-state index contributed by atoms with van der Waals surface area (Å²) in [6.07, 6.45) is 1.69. The zero-order valence-corrected chi connectivity index (χ0v) is 14.6. The molecule has 1 aromatic heterocycles. The number of thiophene rings is 1.